The van der Waals surface area contributed by atoms with Crippen LogP contribution in [0.4, 0.5) is 8.78 Å². The third-order valence-electron chi connectivity index (χ3n) is 2.42. The number of alkyl halides is 2. The third kappa shape index (κ3) is 15.2. The monoisotopic (exact) mass is 284 g/mol. The zero-order chi connectivity index (χ0) is 15.3. The smallest absolute Gasteiger partial charge is 0.374 e. The summed E-state index contributed by atoms with van der Waals surface area (Å²) in [5.74, 6) is -5.55. The van der Waals surface area contributed by atoms with E-state index in [1.807, 2.05) is 0 Å². The van der Waals surface area contributed by atoms with Gasteiger partial charge in [0.05, 0.1) is 12.7 Å². The summed E-state index contributed by atoms with van der Waals surface area (Å²) in [6.45, 7) is 3.47. The van der Waals surface area contributed by atoms with Crippen LogP contribution in [0.25, 0.3) is 0 Å². The maximum absolute atomic E-state index is 12.5. The first kappa shape index (κ1) is 20.6. The largest absolute Gasteiger partial charge is 0.477 e. The molecule has 0 saturated heterocycles. The fourth-order valence-electron chi connectivity index (χ4n) is 1.23. The summed E-state index contributed by atoms with van der Waals surface area (Å²) in [7, 11) is 0. The fourth-order valence-corrected chi connectivity index (χ4v) is 1.23. The maximum Gasteiger partial charge on any atom is 0.374 e. The van der Waals surface area contributed by atoms with Crippen molar-refractivity contribution in [3.8, 4) is 0 Å². The molecule has 0 aromatic carbocycles. The molecule has 0 fully saturated rings. The molecule has 0 radical (unpaired) electrons. The van der Waals surface area contributed by atoms with Crippen LogP contribution in [0.15, 0.2) is 0 Å². The van der Waals surface area contributed by atoms with Gasteiger partial charge in [-0.1, -0.05) is 39.0 Å². The lowest BCUT2D eigenvalue weighted by Gasteiger charge is -2.09. The number of hydrogen-bond acceptors (Lipinski definition) is 3. The summed E-state index contributed by atoms with van der Waals surface area (Å²) in [5, 5.41) is 24.1. The first-order valence-electron chi connectivity index (χ1n) is 6.68. The molecule has 3 N–H and O–H groups in total. The van der Waals surface area contributed by atoms with Crippen LogP contribution in [0.2, 0.25) is 0 Å². The van der Waals surface area contributed by atoms with Gasteiger partial charge >= 0.3 is 11.9 Å². The van der Waals surface area contributed by atoms with E-state index >= 15 is 0 Å². The van der Waals surface area contributed by atoms with Gasteiger partial charge in [0.25, 0.3) is 0 Å². The number of unbranched alkanes of at least 4 members (excludes halogenated alkanes) is 5. The first-order valence-corrected chi connectivity index (χ1v) is 6.68. The van der Waals surface area contributed by atoms with Crippen molar-refractivity contribution < 1.29 is 28.9 Å². The molecule has 0 rings (SSSR count). The Morgan fingerprint density at radius 1 is 1.16 bits per heavy atom. The second kappa shape index (κ2) is 12.3. The molecule has 116 valence electrons. The number of aliphatic hydroxyl groups is 2. The van der Waals surface area contributed by atoms with E-state index in [1.165, 1.54) is 6.92 Å². The van der Waals surface area contributed by atoms with Crippen LogP contribution in [0, 0.1) is 0 Å². The Hall–Kier alpha value is -0.750. The predicted molar refractivity (Wildman–Crippen MR) is 69.3 cm³/mol. The Bertz CT molecular complexity index is 221. The van der Waals surface area contributed by atoms with Crippen molar-refractivity contribution >= 4 is 5.97 Å². The van der Waals surface area contributed by atoms with Crippen molar-refractivity contribution in [2.45, 2.75) is 70.8 Å². The molecule has 0 amide bonds. The number of carboxylic acids is 1. The van der Waals surface area contributed by atoms with E-state index in [0.717, 1.165) is 25.7 Å². The van der Waals surface area contributed by atoms with E-state index in [4.69, 9.17) is 15.3 Å². The SMILES string of the molecule is CC(O)CO.CCCCCCCCC(F)(F)C(=O)O. The fraction of sp³-hybridized carbons (Fsp3) is 0.923. The topological polar surface area (TPSA) is 77.8 Å². The molecule has 1 unspecified atom stereocenters. The second-order valence-corrected chi connectivity index (χ2v) is 4.56. The standard InChI is InChI=1S/C10H18F2O2.C3H8O2/c1-2-3-4-5-6-7-8-10(11,12)9(13)14;1-3(5)2-4/h2-8H2,1H3,(H,13,14);3-5H,2H2,1H3. The summed E-state index contributed by atoms with van der Waals surface area (Å²) in [6.07, 6.45) is 4.11. The van der Waals surface area contributed by atoms with Crippen molar-refractivity contribution in [3.05, 3.63) is 0 Å². The number of carboxylic acid groups (broad SMARTS) is 1. The van der Waals surface area contributed by atoms with Crippen LogP contribution in [-0.2, 0) is 4.79 Å². The molecule has 19 heavy (non-hydrogen) atoms. The van der Waals surface area contributed by atoms with Crippen LogP contribution < -0.4 is 0 Å². The highest BCUT2D eigenvalue weighted by atomic mass is 19.3. The van der Waals surface area contributed by atoms with Gasteiger partial charge in [0.15, 0.2) is 0 Å². The van der Waals surface area contributed by atoms with Gasteiger partial charge in [-0.15, -0.1) is 0 Å². The number of halogens is 2. The molecular formula is C13H26F2O4. The minimum absolute atomic E-state index is 0.139. The van der Waals surface area contributed by atoms with Gasteiger partial charge in [0, 0.05) is 6.42 Å². The summed E-state index contributed by atoms with van der Waals surface area (Å²) < 4.78 is 25.0. The van der Waals surface area contributed by atoms with Gasteiger partial charge in [0.2, 0.25) is 0 Å². The van der Waals surface area contributed by atoms with Crippen LogP contribution in [-0.4, -0.2) is 39.9 Å². The molecule has 0 aromatic rings. The van der Waals surface area contributed by atoms with Gasteiger partial charge in [-0.05, 0) is 13.3 Å². The Morgan fingerprint density at radius 3 is 1.95 bits per heavy atom. The number of aliphatic carboxylic acids is 1. The van der Waals surface area contributed by atoms with Gasteiger partial charge in [0.1, 0.15) is 0 Å². The normalized spacial score (nSPS) is 12.5. The molecule has 0 bridgehead atoms. The molecule has 0 aliphatic rings. The number of aliphatic hydroxyl groups excluding tert-OH is 2. The molecule has 1 atom stereocenters. The van der Waals surface area contributed by atoms with Gasteiger partial charge < -0.3 is 15.3 Å². The zero-order valence-corrected chi connectivity index (χ0v) is 11.7. The van der Waals surface area contributed by atoms with Crippen molar-refractivity contribution in [3.63, 3.8) is 0 Å². The maximum atomic E-state index is 12.5. The molecule has 0 aliphatic heterocycles. The van der Waals surface area contributed by atoms with Crippen molar-refractivity contribution in [1.82, 2.24) is 0 Å². The zero-order valence-electron chi connectivity index (χ0n) is 11.7. The Balaban J connectivity index is 0. The van der Waals surface area contributed by atoms with Crippen molar-refractivity contribution in [2.75, 3.05) is 6.61 Å². The average Bonchev–Trinajstić information content (AvgIpc) is 2.34. The molecule has 6 heteroatoms. The summed E-state index contributed by atoms with van der Waals surface area (Å²) in [6, 6.07) is 0. The second-order valence-electron chi connectivity index (χ2n) is 4.56. The van der Waals surface area contributed by atoms with Crippen LogP contribution in [0.1, 0.15) is 58.8 Å². The molecule has 0 spiro atoms. The molecule has 0 saturated carbocycles. The van der Waals surface area contributed by atoms with E-state index in [-0.39, 0.29) is 6.61 Å². The highest BCUT2D eigenvalue weighted by molar-refractivity contribution is 5.75. The average molecular weight is 284 g/mol. The third-order valence-corrected chi connectivity index (χ3v) is 2.42. The quantitative estimate of drug-likeness (QED) is 0.569. The summed E-state index contributed by atoms with van der Waals surface area (Å²) in [5.41, 5.74) is 0. The lowest BCUT2D eigenvalue weighted by Crippen LogP contribution is -2.27. The Labute approximate surface area is 113 Å². The van der Waals surface area contributed by atoms with Crippen molar-refractivity contribution in [1.29, 1.82) is 0 Å². The van der Waals surface area contributed by atoms with Crippen LogP contribution in [0.3, 0.4) is 0 Å². The van der Waals surface area contributed by atoms with Gasteiger partial charge in [-0.25, -0.2) is 4.79 Å². The van der Waals surface area contributed by atoms with Crippen molar-refractivity contribution in [2.24, 2.45) is 0 Å². The van der Waals surface area contributed by atoms with Gasteiger partial charge in [-0.3, -0.25) is 0 Å². The minimum atomic E-state index is -3.54. The number of hydrogen-bond donors (Lipinski definition) is 3. The summed E-state index contributed by atoms with van der Waals surface area (Å²) >= 11 is 0. The van der Waals surface area contributed by atoms with E-state index in [9.17, 15) is 13.6 Å². The predicted octanol–water partition coefficient (Wildman–Crippen LogP) is 2.82. The molecule has 0 heterocycles. The highest BCUT2D eigenvalue weighted by Gasteiger charge is 2.37. The molecule has 0 aromatic heterocycles. The number of rotatable bonds is 9. The lowest BCUT2D eigenvalue weighted by molar-refractivity contribution is -0.165. The van der Waals surface area contributed by atoms with E-state index < -0.39 is 24.4 Å². The first-order chi connectivity index (χ1) is 8.77. The Kier molecular flexibility index (Phi) is 13.3. The van der Waals surface area contributed by atoms with Crippen LogP contribution in [0.5, 0.6) is 0 Å². The Morgan fingerprint density at radius 2 is 1.58 bits per heavy atom. The van der Waals surface area contributed by atoms with Crippen LogP contribution >= 0.6 is 0 Å². The molecule has 4 nitrogen and oxygen atoms in total. The van der Waals surface area contributed by atoms with Gasteiger partial charge in [-0.2, -0.15) is 8.78 Å². The molecular weight excluding hydrogens is 258 g/mol. The van der Waals surface area contributed by atoms with E-state index in [2.05, 4.69) is 6.92 Å². The van der Waals surface area contributed by atoms with E-state index in [1.54, 1.807) is 0 Å². The minimum Gasteiger partial charge on any atom is -0.477 e. The number of carbonyl (C=O) groups is 1. The summed E-state index contributed by atoms with van der Waals surface area (Å²) in [4.78, 5) is 10.0. The van der Waals surface area contributed by atoms with E-state index in [0.29, 0.717) is 12.8 Å². The highest BCUT2D eigenvalue weighted by Crippen LogP contribution is 2.22. The lowest BCUT2D eigenvalue weighted by atomic mass is 10.1. The molecule has 0 aliphatic carbocycles.